The van der Waals surface area contributed by atoms with Crippen LogP contribution in [-0.2, 0) is 11.3 Å². The number of aryl methyl sites for hydroxylation is 1. The van der Waals surface area contributed by atoms with Gasteiger partial charge in [0, 0.05) is 16.9 Å². The normalized spacial score (nSPS) is 12.3. The monoisotopic (exact) mass is 431 g/mol. The quantitative estimate of drug-likeness (QED) is 0.597. The van der Waals surface area contributed by atoms with Gasteiger partial charge < -0.3 is 15.0 Å². The first kappa shape index (κ1) is 20.6. The zero-order valence-electron chi connectivity index (χ0n) is 16.9. The molecule has 0 saturated heterocycles. The van der Waals surface area contributed by atoms with E-state index >= 15 is 0 Å². The summed E-state index contributed by atoms with van der Waals surface area (Å²) in [6, 6.07) is 22.4. The zero-order chi connectivity index (χ0) is 21.8. The van der Waals surface area contributed by atoms with E-state index in [1.165, 1.54) is 0 Å². The number of ether oxygens (including phenoxy) is 1. The summed E-state index contributed by atoms with van der Waals surface area (Å²) in [5, 5.41) is 5.74. The van der Waals surface area contributed by atoms with E-state index in [0.29, 0.717) is 18.0 Å². The van der Waals surface area contributed by atoms with Crippen LogP contribution in [0.3, 0.4) is 0 Å². The Morgan fingerprint density at radius 1 is 1.03 bits per heavy atom. The van der Waals surface area contributed by atoms with Crippen molar-refractivity contribution in [3.05, 3.63) is 89.5 Å². The van der Waals surface area contributed by atoms with Crippen molar-refractivity contribution in [2.45, 2.75) is 13.5 Å². The molecule has 1 heterocycles. The number of anilines is 2. The number of carbonyl (C=O) groups excluding carboxylic acids is 2. The third-order valence-electron chi connectivity index (χ3n) is 4.96. The van der Waals surface area contributed by atoms with Crippen LogP contribution in [-0.4, -0.2) is 23.5 Å². The lowest BCUT2D eigenvalue weighted by Gasteiger charge is -2.17. The van der Waals surface area contributed by atoms with Crippen LogP contribution in [0, 0.1) is 6.92 Å². The third kappa shape index (κ3) is 4.73. The summed E-state index contributed by atoms with van der Waals surface area (Å²) in [6.45, 7) is 2.33. The fraction of sp³-hybridized carbons (Fsp3) is 0.125. The van der Waals surface area contributed by atoms with Crippen molar-refractivity contribution in [1.29, 1.82) is 0 Å². The lowest BCUT2D eigenvalue weighted by atomic mass is 10.1. The molecule has 0 bridgehead atoms. The highest BCUT2D eigenvalue weighted by Crippen LogP contribution is 2.28. The van der Waals surface area contributed by atoms with Crippen molar-refractivity contribution < 1.29 is 14.3 Å². The standard InChI is InChI=1S/C24H21N3O3S/c1-16-6-2-5-9-21(16)30-15-22(28)26-24(31)25-18-10-12-19(13-11-18)27-14-17-7-3-4-8-20(17)23(27)29/h2-13H,14-15H2,1H3,(H2,25,26,28,31). The van der Waals surface area contributed by atoms with Gasteiger partial charge in [-0.15, -0.1) is 0 Å². The van der Waals surface area contributed by atoms with Gasteiger partial charge in [-0.05, 0) is 66.7 Å². The summed E-state index contributed by atoms with van der Waals surface area (Å²) < 4.78 is 5.52. The Hall–Kier alpha value is -3.71. The van der Waals surface area contributed by atoms with Gasteiger partial charge >= 0.3 is 0 Å². The van der Waals surface area contributed by atoms with Crippen LogP contribution >= 0.6 is 12.2 Å². The fourth-order valence-corrected chi connectivity index (χ4v) is 3.61. The maximum absolute atomic E-state index is 12.6. The van der Waals surface area contributed by atoms with E-state index in [2.05, 4.69) is 10.6 Å². The number of hydrogen-bond acceptors (Lipinski definition) is 4. The summed E-state index contributed by atoms with van der Waals surface area (Å²) in [6.07, 6.45) is 0. The first-order valence-corrected chi connectivity index (χ1v) is 10.2. The molecular weight excluding hydrogens is 410 g/mol. The van der Waals surface area contributed by atoms with Gasteiger partial charge in [0.15, 0.2) is 11.7 Å². The van der Waals surface area contributed by atoms with Crippen molar-refractivity contribution in [3.8, 4) is 5.75 Å². The Bertz CT molecular complexity index is 1140. The van der Waals surface area contributed by atoms with Crippen molar-refractivity contribution in [2.24, 2.45) is 0 Å². The lowest BCUT2D eigenvalue weighted by molar-refractivity contribution is -0.121. The molecule has 3 aromatic rings. The molecule has 2 N–H and O–H groups in total. The van der Waals surface area contributed by atoms with Gasteiger partial charge in [0.05, 0.1) is 6.54 Å². The summed E-state index contributed by atoms with van der Waals surface area (Å²) in [4.78, 5) is 26.4. The van der Waals surface area contributed by atoms with E-state index in [9.17, 15) is 9.59 Å². The molecule has 1 aliphatic heterocycles. The second-order valence-electron chi connectivity index (χ2n) is 7.15. The van der Waals surface area contributed by atoms with Gasteiger partial charge in [-0.1, -0.05) is 36.4 Å². The number of amides is 2. The SMILES string of the molecule is Cc1ccccc1OCC(=O)NC(=S)Nc1ccc(N2Cc3ccccc3C2=O)cc1. The molecule has 4 rings (SSSR count). The number of fused-ring (bicyclic) bond motifs is 1. The van der Waals surface area contributed by atoms with Crippen LogP contribution in [0.4, 0.5) is 11.4 Å². The summed E-state index contributed by atoms with van der Waals surface area (Å²) >= 11 is 5.21. The smallest absolute Gasteiger partial charge is 0.264 e. The summed E-state index contributed by atoms with van der Waals surface area (Å²) in [5.74, 6) is 0.302. The van der Waals surface area contributed by atoms with Crippen LogP contribution in [0.1, 0.15) is 21.5 Å². The van der Waals surface area contributed by atoms with Crippen LogP contribution < -0.4 is 20.3 Å². The Balaban J connectivity index is 1.30. The molecule has 0 aliphatic carbocycles. The molecule has 1 aliphatic rings. The number of hydrogen-bond donors (Lipinski definition) is 2. The molecule has 0 spiro atoms. The number of thiocarbonyl (C=S) groups is 1. The second-order valence-corrected chi connectivity index (χ2v) is 7.56. The number of benzene rings is 3. The minimum Gasteiger partial charge on any atom is -0.483 e. The van der Waals surface area contributed by atoms with Gasteiger partial charge in [-0.2, -0.15) is 0 Å². The number of nitrogens with one attached hydrogen (secondary N) is 2. The van der Waals surface area contributed by atoms with E-state index in [1.54, 1.807) is 4.90 Å². The van der Waals surface area contributed by atoms with Crippen molar-refractivity contribution >= 4 is 40.5 Å². The highest BCUT2D eigenvalue weighted by molar-refractivity contribution is 7.80. The number of carbonyl (C=O) groups is 2. The van der Waals surface area contributed by atoms with Crippen molar-refractivity contribution in [2.75, 3.05) is 16.8 Å². The maximum Gasteiger partial charge on any atom is 0.264 e. The van der Waals surface area contributed by atoms with Gasteiger partial charge in [-0.25, -0.2) is 0 Å². The molecule has 3 aromatic carbocycles. The van der Waals surface area contributed by atoms with E-state index in [-0.39, 0.29) is 23.5 Å². The highest BCUT2D eigenvalue weighted by atomic mass is 32.1. The van der Waals surface area contributed by atoms with Crippen LogP contribution in [0.5, 0.6) is 5.75 Å². The lowest BCUT2D eigenvalue weighted by Crippen LogP contribution is -2.37. The summed E-state index contributed by atoms with van der Waals surface area (Å²) in [5.41, 5.74) is 4.22. The Kier molecular flexibility index (Phi) is 5.95. The van der Waals surface area contributed by atoms with Crippen LogP contribution in [0.2, 0.25) is 0 Å². The highest BCUT2D eigenvalue weighted by Gasteiger charge is 2.27. The van der Waals surface area contributed by atoms with Gasteiger partial charge in [0.1, 0.15) is 5.75 Å². The molecule has 2 amide bonds. The molecule has 6 nitrogen and oxygen atoms in total. The maximum atomic E-state index is 12.6. The fourth-order valence-electron chi connectivity index (χ4n) is 3.37. The average Bonchev–Trinajstić information content (AvgIpc) is 3.10. The molecule has 0 aromatic heterocycles. The van der Waals surface area contributed by atoms with Crippen molar-refractivity contribution in [1.82, 2.24) is 5.32 Å². The Morgan fingerprint density at radius 3 is 2.48 bits per heavy atom. The predicted molar refractivity (Wildman–Crippen MR) is 124 cm³/mol. The van der Waals surface area contributed by atoms with Crippen molar-refractivity contribution in [3.63, 3.8) is 0 Å². The Labute approximate surface area is 185 Å². The molecule has 0 radical (unpaired) electrons. The zero-order valence-corrected chi connectivity index (χ0v) is 17.7. The average molecular weight is 432 g/mol. The van der Waals surface area contributed by atoms with Gasteiger partial charge in [-0.3, -0.25) is 14.9 Å². The van der Waals surface area contributed by atoms with Crippen LogP contribution in [0.15, 0.2) is 72.8 Å². The molecule has 156 valence electrons. The first-order valence-electron chi connectivity index (χ1n) is 9.80. The van der Waals surface area contributed by atoms with E-state index in [0.717, 1.165) is 22.4 Å². The van der Waals surface area contributed by atoms with Crippen LogP contribution in [0.25, 0.3) is 0 Å². The molecule has 0 fully saturated rings. The Morgan fingerprint density at radius 2 is 1.74 bits per heavy atom. The predicted octanol–water partition coefficient (Wildman–Crippen LogP) is 4.05. The minimum absolute atomic E-state index is 0.00672. The molecule has 0 saturated carbocycles. The summed E-state index contributed by atoms with van der Waals surface area (Å²) in [7, 11) is 0. The molecule has 0 atom stereocenters. The molecule has 31 heavy (non-hydrogen) atoms. The first-order chi connectivity index (χ1) is 15.0. The topological polar surface area (TPSA) is 70.7 Å². The second kappa shape index (κ2) is 8.97. The van der Waals surface area contributed by atoms with E-state index in [1.807, 2.05) is 79.7 Å². The number of para-hydroxylation sites is 1. The third-order valence-corrected chi connectivity index (χ3v) is 5.17. The van der Waals surface area contributed by atoms with E-state index < -0.39 is 0 Å². The molecule has 0 unspecified atom stereocenters. The molecule has 7 heteroatoms. The number of nitrogens with zero attached hydrogens (tertiary/aromatic N) is 1. The molecular formula is C24H21N3O3S. The van der Waals surface area contributed by atoms with E-state index in [4.69, 9.17) is 17.0 Å². The minimum atomic E-state index is -0.349. The van der Waals surface area contributed by atoms with Gasteiger partial charge in [0.2, 0.25) is 0 Å². The van der Waals surface area contributed by atoms with Gasteiger partial charge in [0.25, 0.3) is 11.8 Å². The number of rotatable bonds is 5. The largest absolute Gasteiger partial charge is 0.483 e.